The number of thioether (sulfide) groups is 1. The van der Waals surface area contributed by atoms with Crippen LogP contribution in [-0.4, -0.2) is 33.0 Å². The molecule has 3 aromatic rings. The van der Waals surface area contributed by atoms with Gasteiger partial charge in [0.2, 0.25) is 5.91 Å². The number of aryl methyl sites for hydroxylation is 1. The van der Waals surface area contributed by atoms with Gasteiger partial charge in [-0.25, -0.2) is 0 Å². The number of hydrogen-bond donors (Lipinski definition) is 0. The van der Waals surface area contributed by atoms with Crippen molar-refractivity contribution in [2.24, 2.45) is 7.05 Å². The Labute approximate surface area is 161 Å². The molecule has 0 bridgehead atoms. The molecule has 0 radical (unpaired) electrons. The molecule has 0 aliphatic heterocycles. The predicted molar refractivity (Wildman–Crippen MR) is 103 cm³/mol. The van der Waals surface area contributed by atoms with Gasteiger partial charge in [0.05, 0.1) is 30.1 Å². The van der Waals surface area contributed by atoms with Gasteiger partial charge in [-0.2, -0.15) is 5.26 Å². The van der Waals surface area contributed by atoms with E-state index in [1.807, 2.05) is 54.9 Å². The van der Waals surface area contributed by atoms with Crippen LogP contribution in [-0.2, 0) is 11.8 Å². The first-order valence-electron chi connectivity index (χ1n) is 8.41. The van der Waals surface area contributed by atoms with E-state index in [1.54, 1.807) is 11.2 Å². The number of aromatic nitrogens is 3. The second-order valence-electron chi connectivity index (χ2n) is 5.83. The number of nitrogens with zero attached hydrogens (tertiary/aromatic N) is 5. The van der Waals surface area contributed by atoms with E-state index in [4.69, 9.17) is 9.68 Å². The summed E-state index contributed by atoms with van der Waals surface area (Å²) < 4.78 is 7.17. The Kier molecular flexibility index (Phi) is 5.94. The normalized spacial score (nSPS) is 10.6. The van der Waals surface area contributed by atoms with Crippen molar-refractivity contribution in [2.75, 3.05) is 17.2 Å². The molecule has 0 fully saturated rings. The van der Waals surface area contributed by atoms with Crippen LogP contribution in [0.2, 0.25) is 0 Å². The minimum absolute atomic E-state index is 0.0782. The molecule has 1 aromatic carbocycles. The third-order valence-corrected chi connectivity index (χ3v) is 5.08. The van der Waals surface area contributed by atoms with Crippen LogP contribution in [0, 0.1) is 18.3 Å². The van der Waals surface area contributed by atoms with Gasteiger partial charge in [-0.1, -0.05) is 30.0 Å². The number of nitriles is 1. The lowest BCUT2D eigenvalue weighted by Gasteiger charge is -2.21. The number of amides is 1. The Morgan fingerprint density at radius 2 is 2.07 bits per heavy atom. The minimum Gasteiger partial charge on any atom is -0.469 e. The number of anilines is 1. The van der Waals surface area contributed by atoms with Gasteiger partial charge >= 0.3 is 0 Å². The van der Waals surface area contributed by atoms with Crippen LogP contribution in [0.3, 0.4) is 0 Å². The van der Waals surface area contributed by atoms with Gasteiger partial charge in [-0.3, -0.25) is 4.79 Å². The van der Waals surface area contributed by atoms with Crippen molar-refractivity contribution >= 4 is 23.4 Å². The fraction of sp³-hybridized carbons (Fsp3) is 0.263. The van der Waals surface area contributed by atoms with Gasteiger partial charge < -0.3 is 13.9 Å². The van der Waals surface area contributed by atoms with Gasteiger partial charge in [0.25, 0.3) is 0 Å². The molecule has 0 saturated heterocycles. The van der Waals surface area contributed by atoms with Gasteiger partial charge in [0.1, 0.15) is 5.76 Å². The van der Waals surface area contributed by atoms with Gasteiger partial charge in [-0.05, 0) is 25.1 Å². The SMILES string of the molecule is Cc1occc1-c1nnc(SCC(=O)N(CCC#N)c2ccccc2)n1C. The van der Waals surface area contributed by atoms with Crippen molar-refractivity contribution in [2.45, 2.75) is 18.5 Å². The lowest BCUT2D eigenvalue weighted by Crippen LogP contribution is -2.33. The quantitative estimate of drug-likeness (QED) is 0.583. The fourth-order valence-corrected chi connectivity index (χ4v) is 3.45. The topological polar surface area (TPSA) is 88.0 Å². The van der Waals surface area contributed by atoms with Crippen molar-refractivity contribution < 1.29 is 9.21 Å². The van der Waals surface area contributed by atoms with E-state index in [9.17, 15) is 4.79 Å². The lowest BCUT2D eigenvalue weighted by molar-refractivity contribution is -0.116. The average molecular weight is 381 g/mol. The highest BCUT2D eigenvalue weighted by atomic mass is 32.2. The predicted octanol–water partition coefficient (Wildman–Crippen LogP) is 3.42. The molecular weight excluding hydrogens is 362 g/mol. The highest BCUT2D eigenvalue weighted by Gasteiger charge is 2.19. The zero-order chi connectivity index (χ0) is 19.2. The van der Waals surface area contributed by atoms with Crippen LogP contribution in [0.1, 0.15) is 12.2 Å². The molecule has 2 aromatic heterocycles. The van der Waals surface area contributed by atoms with Crippen LogP contribution < -0.4 is 4.90 Å². The molecule has 138 valence electrons. The minimum atomic E-state index is -0.0782. The molecule has 0 aliphatic carbocycles. The molecule has 0 unspecified atom stereocenters. The van der Waals surface area contributed by atoms with Crippen molar-refractivity contribution in [3.05, 3.63) is 48.4 Å². The van der Waals surface area contributed by atoms with Gasteiger partial charge in [-0.15, -0.1) is 10.2 Å². The van der Waals surface area contributed by atoms with Crippen LogP contribution >= 0.6 is 11.8 Å². The summed E-state index contributed by atoms with van der Waals surface area (Å²) in [6.45, 7) is 2.23. The molecular formula is C19H19N5O2S. The fourth-order valence-electron chi connectivity index (χ4n) is 2.66. The van der Waals surface area contributed by atoms with E-state index in [2.05, 4.69) is 16.3 Å². The molecule has 8 heteroatoms. The first-order valence-corrected chi connectivity index (χ1v) is 9.39. The maximum absolute atomic E-state index is 12.7. The number of carbonyl (C=O) groups excluding carboxylic acids is 1. The molecule has 0 aliphatic rings. The number of carbonyl (C=O) groups is 1. The van der Waals surface area contributed by atoms with Crippen molar-refractivity contribution in [3.63, 3.8) is 0 Å². The molecule has 2 heterocycles. The zero-order valence-electron chi connectivity index (χ0n) is 15.1. The second kappa shape index (κ2) is 8.56. The van der Waals surface area contributed by atoms with Crippen molar-refractivity contribution in [1.29, 1.82) is 5.26 Å². The molecule has 1 amide bonds. The standard InChI is InChI=1S/C19H19N5O2S/c1-14-16(9-12-26-14)18-21-22-19(23(18)2)27-13-17(25)24(11-6-10-20)15-7-4-3-5-8-15/h3-5,7-9,12H,6,11,13H2,1-2H3. The number of benzene rings is 1. The largest absolute Gasteiger partial charge is 0.469 e. The summed E-state index contributed by atoms with van der Waals surface area (Å²) in [6.07, 6.45) is 1.89. The van der Waals surface area contributed by atoms with Gasteiger partial charge in [0, 0.05) is 19.3 Å². The maximum atomic E-state index is 12.7. The summed E-state index contributed by atoms with van der Waals surface area (Å²) in [5.74, 6) is 1.59. The summed E-state index contributed by atoms with van der Waals surface area (Å²) in [6, 6.07) is 13.3. The third-order valence-electron chi connectivity index (χ3n) is 4.08. The maximum Gasteiger partial charge on any atom is 0.237 e. The molecule has 0 atom stereocenters. The van der Waals surface area contributed by atoms with Crippen LogP contribution in [0.4, 0.5) is 5.69 Å². The summed E-state index contributed by atoms with van der Waals surface area (Å²) in [5, 5.41) is 17.9. The Morgan fingerprint density at radius 1 is 1.30 bits per heavy atom. The molecule has 0 N–H and O–H groups in total. The number of para-hydroxylation sites is 1. The Hall–Kier alpha value is -3.05. The van der Waals surface area contributed by atoms with E-state index >= 15 is 0 Å². The molecule has 27 heavy (non-hydrogen) atoms. The van der Waals surface area contributed by atoms with E-state index in [-0.39, 0.29) is 18.1 Å². The number of furan rings is 1. The van der Waals surface area contributed by atoms with E-state index in [0.29, 0.717) is 17.5 Å². The number of rotatable bonds is 7. The van der Waals surface area contributed by atoms with Crippen LogP contribution in [0.15, 0.2) is 52.2 Å². The summed E-state index contributed by atoms with van der Waals surface area (Å²) in [7, 11) is 1.86. The summed E-state index contributed by atoms with van der Waals surface area (Å²) in [4.78, 5) is 14.4. The molecule has 0 spiro atoms. The smallest absolute Gasteiger partial charge is 0.237 e. The molecule has 0 saturated carbocycles. The first-order chi connectivity index (χ1) is 13.1. The summed E-state index contributed by atoms with van der Waals surface area (Å²) in [5.41, 5.74) is 1.66. The monoisotopic (exact) mass is 381 g/mol. The zero-order valence-corrected chi connectivity index (χ0v) is 15.9. The Balaban J connectivity index is 1.72. The van der Waals surface area contributed by atoms with Crippen LogP contribution in [0.5, 0.6) is 0 Å². The van der Waals surface area contributed by atoms with Crippen molar-refractivity contribution in [3.8, 4) is 17.5 Å². The van der Waals surface area contributed by atoms with Crippen molar-refractivity contribution in [1.82, 2.24) is 14.8 Å². The second-order valence-corrected chi connectivity index (χ2v) is 6.78. The van der Waals surface area contributed by atoms with E-state index < -0.39 is 0 Å². The molecule has 7 nitrogen and oxygen atoms in total. The van der Waals surface area contributed by atoms with E-state index in [0.717, 1.165) is 17.0 Å². The van der Waals surface area contributed by atoms with E-state index in [1.165, 1.54) is 11.8 Å². The molecule has 3 rings (SSSR count). The summed E-state index contributed by atoms with van der Waals surface area (Å²) >= 11 is 1.32. The lowest BCUT2D eigenvalue weighted by atomic mass is 10.2. The average Bonchev–Trinajstić information content (AvgIpc) is 3.26. The number of hydrogen-bond acceptors (Lipinski definition) is 6. The third kappa shape index (κ3) is 4.20. The van der Waals surface area contributed by atoms with Gasteiger partial charge in [0.15, 0.2) is 11.0 Å². The highest BCUT2D eigenvalue weighted by Crippen LogP contribution is 2.26. The first kappa shape index (κ1) is 18.7. The Bertz CT molecular complexity index is 958. The van der Waals surface area contributed by atoms with Crippen LogP contribution in [0.25, 0.3) is 11.4 Å². The highest BCUT2D eigenvalue weighted by molar-refractivity contribution is 7.99. The Morgan fingerprint density at radius 3 is 2.74 bits per heavy atom.